The first-order chi connectivity index (χ1) is 16.5. The molecule has 1 heterocycles. The number of carbonyl (C=O) groups excluding carboxylic acids is 1. The molecule has 11 nitrogen and oxygen atoms in total. The number of fused-ring (bicyclic) bond motifs is 1. The van der Waals surface area contributed by atoms with Crippen molar-refractivity contribution < 1.29 is 28.7 Å². The van der Waals surface area contributed by atoms with E-state index in [-0.39, 0.29) is 29.6 Å². The Balaban J connectivity index is 1.80. The monoisotopic (exact) mass is 470 g/mol. The van der Waals surface area contributed by atoms with Crippen LogP contribution in [0.25, 0.3) is 10.9 Å². The highest BCUT2D eigenvalue weighted by Gasteiger charge is 2.19. The summed E-state index contributed by atoms with van der Waals surface area (Å²) >= 11 is 0. The van der Waals surface area contributed by atoms with E-state index < -0.39 is 11.0 Å². The number of hydrogen-bond donors (Lipinski definition) is 1. The lowest BCUT2D eigenvalue weighted by Crippen LogP contribution is -2.15. The van der Waals surface area contributed by atoms with Gasteiger partial charge in [0.05, 0.1) is 42.7 Å². The van der Waals surface area contributed by atoms with E-state index in [9.17, 15) is 14.9 Å². The SMILES string of the molecule is CCCCCCOC(=O)Nc1ccc(Oc2ncnc3cc(OC)c(OC)cc23)cc1[N+](=O)[O-]. The van der Waals surface area contributed by atoms with Gasteiger partial charge in [-0.2, -0.15) is 0 Å². The molecular formula is C23H26N4O7. The van der Waals surface area contributed by atoms with Gasteiger partial charge in [-0.3, -0.25) is 15.4 Å². The van der Waals surface area contributed by atoms with Crippen LogP contribution in [0.1, 0.15) is 32.6 Å². The third-order valence-electron chi connectivity index (χ3n) is 4.95. The van der Waals surface area contributed by atoms with Gasteiger partial charge in [0.25, 0.3) is 5.69 Å². The fourth-order valence-corrected chi connectivity index (χ4v) is 3.22. The maximum atomic E-state index is 12.0. The first kappa shape index (κ1) is 24.5. The second kappa shape index (κ2) is 11.6. The molecule has 0 fully saturated rings. The molecule has 0 saturated heterocycles. The number of hydrogen-bond acceptors (Lipinski definition) is 9. The summed E-state index contributed by atoms with van der Waals surface area (Å²) in [5.41, 5.74) is 0.185. The summed E-state index contributed by atoms with van der Waals surface area (Å²) in [6, 6.07) is 7.39. The lowest BCUT2D eigenvalue weighted by atomic mass is 10.2. The van der Waals surface area contributed by atoms with Crippen LogP contribution in [0.4, 0.5) is 16.2 Å². The van der Waals surface area contributed by atoms with Crippen molar-refractivity contribution in [2.75, 3.05) is 26.1 Å². The predicted molar refractivity (Wildman–Crippen MR) is 125 cm³/mol. The summed E-state index contributed by atoms with van der Waals surface area (Å²) in [6.07, 6.45) is 4.37. The third-order valence-corrected chi connectivity index (χ3v) is 4.95. The zero-order valence-electron chi connectivity index (χ0n) is 19.2. The Hall–Kier alpha value is -4.15. The van der Waals surface area contributed by atoms with Gasteiger partial charge in [-0.15, -0.1) is 0 Å². The molecule has 0 saturated carbocycles. The second-order valence-corrected chi connectivity index (χ2v) is 7.26. The molecule has 34 heavy (non-hydrogen) atoms. The molecular weight excluding hydrogens is 444 g/mol. The number of ether oxygens (including phenoxy) is 4. The minimum Gasteiger partial charge on any atom is -0.493 e. The zero-order chi connectivity index (χ0) is 24.5. The highest BCUT2D eigenvalue weighted by molar-refractivity contribution is 5.89. The predicted octanol–water partition coefficient (Wildman–Crippen LogP) is 5.48. The van der Waals surface area contributed by atoms with E-state index in [0.29, 0.717) is 22.4 Å². The average Bonchev–Trinajstić information content (AvgIpc) is 2.84. The Bertz CT molecular complexity index is 1170. The Labute approximate surface area is 196 Å². The molecule has 0 atom stereocenters. The number of rotatable bonds is 11. The summed E-state index contributed by atoms with van der Waals surface area (Å²) in [6.45, 7) is 2.33. The van der Waals surface area contributed by atoms with Crippen molar-refractivity contribution in [3.8, 4) is 23.1 Å². The van der Waals surface area contributed by atoms with Gasteiger partial charge < -0.3 is 18.9 Å². The van der Waals surface area contributed by atoms with Crippen molar-refractivity contribution in [1.82, 2.24) is 9.97 Å². The quantitative estimate of drug-likeness (QED) is 0.220. The van der Waals surface area contributed by atoms with Gasteiger partial charge in [0.15, 0.2) is 11.5 Å². The Morgan fingerprint density at radius 2 is 1.82 bits per heavy atom. The largest absolute Gasteiger partial charge is 0.493 e. The van der Waals surface area contributed by atoms with Crippen molar-refractivity contribution in [2.24, 2.45) is 0 Å². The Kier molecular flexibility index (Phi) is 8.38. The van der Waals surface area contributed by atoms with Gasteiger partial charge in [-0.25, -0.2) is 14.8 Å². The van der Waals surface area contributed by atoms with Crippen LogP contribution < -0.4 is 19.5 Å². The molecule has 2 aromatic carbocycles. The van der Waals surface area contributed by atoms with Crippen LogP contribution in [0.5, 0.6) is 23.1 Å². The first-order valence-corrected chi connectivity index (χ1v) is 10.7. The van der Waals surface area contributed by atoms with Crippen molar-refractivity contribution in [3.63, 3.8) is 0 Å². The van der Waals surface area contributed by atoms with E-state index in [2.05, 4.69) is 22.2 Å². The molecule has 180 valence electrons. The van der Waals surface area contributed by atoms with E-state index in [4.69, 9.17) is 18.9 Å². The van der Waals surface area contributed by atoms with E-state index in [1.807, 2.05) is 0 Å². The number of amides is 1. The highest BCUT2D eigenvalue weighted by atomic mass is 16.6. The fraction of sp³-hybridized carbons (Fsp3) is 0.348. The van der Waals surface area contributed by atoms with E-state index in [1.54, 1.807) is 12.1 Å². The number of nitrogens with one attached hydrogen (secondary N) is 1. The van der Waals surface area contributed by atoms with Crippen LogP contribution in [-0.2, 0) is 4.74 Å². The summed E-state index contributed by atoms with van der Waals surface area (Å²) < 4.78 is 21.5. The molecule has 0 radical (unpaired) electrons. The molecule has 1 aromatic heterocycles. The summed E-state index contributed by atoms with van der Waals surface area (Å²) in [5.74, 6) is 1.27. The van der Waals surface area contributed by atoms with E-state index >= 15 is 0 Å². The van der Waals surface area contributed by atoms with Crippen LogP contribution in [0.15, 0.2) is 36.7 Å². The van der Waals surface area contributed by atoms with Crippen LogP contribution in [0.2, 0.25) is 0 Å². The van der Waals surface area contributed by atoms with Crippen molar-refractivity contribution in [3.05, 3.63) is 46.8 Å². The van der Waals surface area contributed by atoms with Gasteiger partial charge >= 0.3 is 6.09 Å². The lowest BCUT2D eigenvalue weighted by Gasteiger charge is -2.12. The van der Waals surface area contributed by atoms with Gasteiger partial charge in [0, 0.05) is 6.07 Å². The summed E-state index contributed by atoms with van der Waals surface area (Å²) in [4.78, 5) is 31.4. The average molecular weight is 470 g/mol. The third kappa shape index (κ3) is 6.00. The van der Waals surface area contributed by atoms with Crippen LogP contribution in [0.3, 0.4) is 0 Å². The number of nitro groups is 1. The van der Waals surface area contributed by atoms with Gasteiger partial charge in [-0.1, -0.05) is 26.2 Å². The maximum Gasteiger partial charge on any atom is 0.411 e. The maximum absolute atomic E-state index is 12.0. The molecule has 11 heteroatoms. The summed E-state index contributed by atoms with van der Waals surface area (Å²) in [5, 5.41) is 14.5. The summed E-state index contributed by atoms with van der Waals surface area (Å²) in [7, 11) is 3.01. The number of aromatic nitrogens is 2. The smallest absolute Gasteiger partial charge is 0.411 e. The molecule has 3 aromatic rings. The molecule has 3 rings (SSSR count). The van der Waals surface area contributed by atoms with Gasteiger partial charge in [-0.05, 0) is 24.6 Å². The van der Waals surface area contributed by atoms with E-state index in [0.717, 1.165) is 25.7 Å². The Morgan fingerprint density at radius 3 is 2.53 bits per heavy atom. The van der Waals surface area contributed by atoms with Crippen molar-refractivity contribution in [1.29, 1.82) is 0 Å². The Morgan fingerprint density at radius 1 is 1.06 bits per heavy atom. The standard InChI is InChI=1S/C23H26N4O7/c1-4-5-6-7-10-33-23(28)26-17-9-8-15(11-19(17)27(29)30)34-22-16-12-20(31-2)21(32-3)13-18(16)24-14-25-22/h8-9,11-14H,4-7,10H2,1-3H3,(H,26,28). The number of nitrogens with zero attached hydrogens (tertiary/aromatic N) is 3. The molecule has 0 aliphatic rings. The molecule has 0 aliphatic heterocycles. The number of benzene rings is 2. The molecule has 0 unspecified atom stereocenters. The van der Waals surface area contributed by atoms with Crippen molar-refractivity contribution >= 4 is 28.4 Å². The number of methoxy groups -OCH3 is 2. The van der Waals surface area contributed by atoms with Crippen LogP contribution in [-0.4, -0.2) is 41.8 Å². The molecule has 1 N–H and O–H groups in total. The molecule has 0 spiro atoms. The second-order valence-electron chi connectivity index (χ2n) is 7.26. The number of anilines is 1. The lowest BCUT2D eigenvalue weighted by molar-refractivity contribution is -0.384. The normalized spacial score (nSPS) is 10.6. The minimum atomic E-state index is -0.754. The molecule has 1 amide bonds. The topological polar surface area (TPSA) is 135 Å². The first-order valence-electron chi connectivity index (χ1n) is 10.7. The zero-order valence-corrected chi connectivity index (χ0v) is 19.2. The van der Waals surface area contributed by atoms with E-state index in [1.165, 1.54) is 38.7 Å². The van der Waals surface area contributed by atoms with Crippen LogP contribution in [0, 0.1) is 10.1 Å². The highest BCUT2D eigenvalue weighted by Crippen LogP contribution is 2.37. The number of unbranched alkanes of at least 4 members (excludes halogenated alkanes) is 3. The number of carbonyl (C=O) groups is 1. The van der Waals surface area contributed by atoms with Crippen molar-refractivity contribution in [2.45, 2.75) is 32.6 Å². The van der Waals surface area contributed by atoms with Gasteiger partial charge in [0.2, 0.25) is 5.88 Å². The fourth-order valence-electron chi connectivity index (χ4n) is 3.22. The molecule has 0 bridgehead atoms. The van der Waals surface area contributed by atoms with Crippen LogP contribution >= 0.6 is 0 Å². The minimum absolute atomic E-state index is 0.00476. The number of nitro benzene ring substituents is 1. The molecule has 0 aliphatic carbocycles. The van der Waals surface area contributed by atoms with Gasteiger partial charge in [0.1, 0.15) is 17.8 Å².